The molecule has 0 spiro atoms. The summed E-state index contributed by atoms with van der Waals surface area (Å²) in [6.07, 6.45) is 11.7. The number of aromatic nitrogens is 5. The fourth-order valence-corrected chi connectivity index (χ4v) is 3.50. The van der Waals surface area contributed by atoms with Crippen molar-refractivity contribution in [1.82, 2.24) is 29.4 Å². The fourth-order valence-electron chi connectivity index (χ4n) is 3.50. The molecule has 1 aliphatic rings. The van der Waals surface area contributed by atoms with Gasteiger partial charge in [0.1, 0.15) is 5.82 Å². The van der Waals surface area contributed by atoms with Gasteiger partial charge in [0.25, 0.3) is 0 Å². The Morgan fingerprint density at radius 3 is 2.85 bits per heavy atom. The topological polar surface area (TPSA) is 71.8 Å². The third kappa shape index (κ3) is 4.05. The molecule has 0 aliphatic carbocycles. The van der Waals surface area contributed by atoms with Crippen LogP contribution in [0.2, 0.25) is 0 Å². The standard InChI is InChI=1S/C19H23N7/c1-25-12-17(23-14-25)13-26-9-2-4-16(11-26)15-5-8-20-18(10-15)24-19-21-6-3-7-22-19/h3,5-8,10,12,14,16H,2,4,9,11,13H2,1H3,(H,20,21,22,24). The summed E-state index contributed by atoms with van der Waals surface area (Å²) in [6.45, 7) is 3.08. The Labute approximate surface area is 153 Å². The van der Waals surface area contributed by atoms with Crippen LogP contribution < -0.4 is 5.32 Å². The molecule has 1 fully saturated rings. The number of anilines is 2. The van der Waals surface area contributed by atoms with Gasteiger partial charge < -0.3 is 9.88 Å². The van der Waals surface area contributed by atoms with Crippen molar-refractivity contribution in [2.24, 2.45) is 7.05 Å². The highest BCUT2D eigenvalue weighted by Crippen LogP contribution is 2.28. The first-order valence-electron chi connectivity index (χ1n) is 8.95. The first kappa shape index (κ1) is 16.7. The molecular formula is C19H23N7. The van der Waals surface area contributed by atoms with Crippen LogP contribution in [0.1, 0.15) is 30.0 Å². The maximum Gasteiger partial charge on any atom is 0.228 e. The Hall–Kier alpha value is -2.80. The molecule has 26 heavy (non-hydrogen) atoms. The zero-order chi connectivity index (χ0) is 17.8. The minimum absolute atomic E-state index is 0.507. The Bertz CT molecular complexity index is 846. The Morgan fingerprint density at radius 1 is 1.15 bits per heavy atom. The van der Waals surface area contributed by atoms with Crippen molar-refractivity contribution in [2.75, 3.05) is 18.4 Å². The van der Waals surface area contributed by atoms with Crippen molar-refractivity contribution in [2.45, 2.75) is 25.3 Å². The first-order chi connectivity index (χ1) is 12.8. The van der Waals surface area contributed by atoms with E-state index in [1.165, 1.54) is 18.4 Å². The normalized spacial score (nSPS) is 18.0. The van der Waals surface area contributed by atoms with Crippen LogP contribution in [0.5, 0.6) is 0 Å². The van der Waals surface area contributed by atoms with Gasteiger partial charge in [0, 0.05) is 44.9 Å². The van der Waals surface area contributed by atoms with Gasteiger partial charge in [-0.25, -0.2) is 19.9 Å². The fraction of sp³-hybridized carbons (Fsp3) is 0.368. The number of imidazole rings is 1. The molecule has 0 amide bonds. The maximum atomic E-state index is 4.46. The molecule has 0 saturated carbocycles. The molecule has 3 aromatic rings. The summed E-state index contributed by atoms with van der Waals surface area (Å²) in [6, 6.07) is 6.03. The molecule has 0 bridgehead atoms. The molecule has 1 atom stereocenters. The number of hydrogen-bond acceptors (Lipinski definition) is 6. The molecule has 0 aromatic carbocycles. The van der Waals surface area contributed by atoms with E-state index in [-0.39, 0.29) is 0 Å². The Morgan fingerprint density at radius 2 is 2.04 bits per heavy atom. The molecule has 7 nitrogen and oxygen atoms in total. The monoisotopic (exact) mass is 349 g/mol. The third-order valence-corrected chi connectivity index (χ3v) is 4.71. The van der Waals surface area contributed by atoms with Gasteiger partial charge in [-0.1, -0.05) is 0 Å². The molecule has 1 saturated heterocycles. The highest BCUT2D eigenvalue weighted by atomic mass is 15.2. The van der Waals surface area contributed by atoms with E-state index >= 15 is 0 Å². The number of nitrogens with one attached hydrogen (secondary N) is 1. The quantitative estimate of drug-likeness (QED) is 0.764. The summed E-state index contributed by atoms with van der Waals surface area (Å²) in [4.78, 5) is 19.7. The van der Waals surface area contributed by atoms with Crippen LogP contribution in [0.25, 0.3) is 0 Å². The van der Waals surface area contributed by atoms with Crippen molar-refractivity contribution < 1.29 is 0 Å². The SMILES string of the molecule is Cn1cnc(CN2CCCC(c3ccnc(Nc4ncccn4)c3)C2)c1. The first-order valence-corrected chi connectivity index (χ1v) is 8.95. The average Bonchev–Trinajstić information content (AvgIpc) is 3.08. The average molecular weight is 349 g/mol. The van der Waals surface area contributed by atoms with Crippen LogP contribution >= 0.6 is 0 Å². The van der Waals surface area contributed by atoms with Crippen LogP contribution in [-0.4, -0.2) is 42.5 Å². The van der Waals surface area contributed by atoms with Crippen molar-refractivity contribution in [3.63, 3.8) is 0 Å². The molecule has 3 aromatic heterocycles. The van der Waals surface area contributed by atoms with Crippen molar-refractivity contribution in [3.8, 4) is 0 Å². The molecule has 4 heterocycles. The summed E-state index contributed by atoms with van der Waals surface area (Å²) in [7, 11) is 2.01. The second kappa shape index (κ2) is 7.61. The molecule has 1 aliphatic heterocycles. The number of piperidine rings is 1. The summed E-state index contributed by atoms with van der Waals surface area (Å²) < 4.78 is 2.00. The van der Waals surface area contributed by atoms with Gasteiger partial charge in [-0.2, -0.15) is 0 Å². The maximum absolute atomic E-state index is 4.46. The predicted molar refractivity (Wildman–Crippen MR) is 100 cm³/mol. The molecule has 4 rings (SSSR count). The number of rotatable bonds is 5. The van der Waals surface area contributed by atoms with Crippen molar-refractivity contribution in [1.29, 1.82) is 0 Å². The lowest BCUT2D eigenvalue weighted by atomic mass is 9.91. The predicted octanol–water partition coefficient (Wildman–Crippen LogP) is 2.73. The van der Waals surface area contributed by atoms with Gasteiger partial charge in [0.15, 0.2) is 0 Å². The molecule has 0 radical (unpaired) electrons. The van der Waals surface area contributed by atoms with E-state index in [4.69, 9.17) is 0 Å². The highest BCUT2D eigenvalue weighted by molar-refractivity contribution is 5.48. The summed E-state index contributed by atoms with van der Waals surface area (Å²) >= 11 is 0. The Balaban J connectivity index is 1.44. The summed E-state index contributed by atoms with van der Waals surface area (Å²) in [5.41, 5.74) is 2.44. The molecule has 1 unspecified atom stereocenters. The van der Waals surface area contributed by atoms with Gasteiger partial charge in [-0.15, -0.1) is 0 Å². The molecule has 1 N–H and O–H groups in total. The van der Waals surface area contributed by atoms with E-state index in [0.29, 0.717) is 11.9 Å². The van der Waals surface area contributed by atoms with Crippen molar-refractivity contribution >= 4 is 11.8 Å². The van der Waals surface area contributed by atoms with E-state index < -0.39 is 0 Å². The van der Waals surface area contributed by atoms with Crippen LogP contribution in [0.4, 0.5) is 11.8 Å². The lowest BCUT2D eigenvalue weighted by Gasteiger charge is -2.32. The number of nitrogens with zero attached hydrogens (tertiary/aromatic N) is 6. The van der Waals surface area contributed by atoms with E-state index in [1.54, 1.807) is 18.5 Å². The lowest BCUT2D eigenvalue weighted by Crippen LogP contribution is -2.34. The van der Waals surface area contributed by atoms with Gasteiger partial charge in [-0.3, -0.25) is 4.90 Å². The van der Waals surface area contributed by atoms with Gasteiger partial charge >= 0.3 is 0 Å². The number of pyridine rings is 1. The minimum atomic E-state index is 0.507. The van der Waals surface area contributed by atoms with Crippen LogP contribution in [0.3, 0.4) is 0 Å². The number of aryl methyl sites for hydroxylation is 1. The number of likely N-dealkylation sites (tertiary alicyclic amines) is 1. The van der Waals surface area contributed by atoms with Gasteiger partial charge in [0.05, 0.1) is 12.0 Å². The zero-order valence-corrected chi connectivity index (χ0v) is 14.9. The van der Waals surface area contributed by atoms with E-state index in [2.05, 4.69) is 48.5 Å². The van der Waals surface area contributed by atoms with E-state index in [0.717, 1.165) is 31.1 Å². The molecule has 7 heteroatoms. The van der Waals surface area contributed by atoms with Crippen LogP contribution in [0, 0.1) is 0 Å². The highest BCUT2D eigenvalue weighted by Gasteiger charge is 2.22. The molecular weight excluding hydrogens is 326 g/mol. The number of hydrogen-bond donors (Lipinski definition) is 1. The Kier molecular flexibility index (Phi) is 4.88. The second-order valence-corrected chi connectivity index (χ2v) is 6.78. The summed E-state index contributed by atoms with van der Waals surface area (Å²) in [5.74, 6) is 1.86. The van der Waals surface area contributed by atoms with E-state index in [9.17, 15) is 0 Å². The van der Waals surface area contributed by atoms with Gasteiger partial charge in [0.2, 0.25) is 5.95 Å². The van der Waals surface area contributed by atoms with Crippen molar-refractivity contribution in [3.05, 3.63) is 60.6 Å². The largest absolute Gasteiger partial charge is 0.340 e. The minimum Gasteiger partial charge on any atom is -0.340 e. The zero-order valence-electron chi connectivity index (χ0n) is 14.9. The third-order valence-electron chi connectivity index (χ3n) is 4.71. The molecule has 134 valence electrons. The van der Waals surface area contributed by atoms with Crippen LogP contribution in [0.15, 0.2) is 49.3 Å². The van der Waals surface area contributed by atoms with E-state index in [1.807, 2.05) is 24.1 Å². The summed E-state index contributed by atoms with van der Waals surface area (Å²) in [5, 5.41) is 3.18. The smallest absolute Gasteiger partial charge is 0.228 e. The lowest BCUT2D eigenvalue weighted by molar-refractivity contribution is 0.198. The second-order valence-electron chi connectivity index (χ2n) is 6.78. The van der Waals surface area contributed by atoms with Gasteiger partial charge in [-0.05, 0) is 49.1 Å². The van der Waals surface area contributed by atoms with Crippen LogP contribution in [-0.2, 0) is 13.6 Å².